The molecule has 0 spiro atoms. The molecule has 0 aliphatic carbocycles. The molecule has 2 amide bonds. The highest BCUT2D eigenvalue weighted by atomic mass is 16.2. The number of hydrogen-bond acceptors (Lipinski definition) is 3. The fourth-order valence-electron chi connectivity index (χ4n) is 2.24. The van der Waals surface area contributed by atoms with Crippen molar-refractivity contribution >= 4 is 22.7 Å². The summed E-state index contributed by atoms with van der Waals surface area (Å²) in [5, 5.41) is 5.93. The lowest BCUT2D eigenvalue weighted by atomic mass is 10.1. The van der Waals surface area contributed by atoms with Crippen LogP contribution in [-0.4, -0.2) is 34.5 Å². The predicted molar refractivity (Wildman–Crippen MR) is 88.4 cm³/mol. The highest BCUT2D eigenvalue weighted by molar-refractivity contribution is 6.05. The van der Waals surface area contributed by atoms with Crippen LogP contribution in [0.5, 0.6) is 0 Å². The molecule has 3 N–H and O–H groups in total. The molecule has 2 rings (SSSR count). The molecule has 0 saturated heterocycles. The lowest BCUT2D eigenvalue weighted by Gasteiger charge is -2.10. The summed E-state index contributed by atoms with van der Waals surface area (Å²) in [4.78, 5) is 38.4. The number of aromatic nitrogens is 2. The van der Waals surface area contributed by atoms with Crippen LogP contribution in [0, 0.1) is 0 Å². The van der Waals surface area contributed by atoms with Crippen molar-refractivity contribution in [2.45, 2.75) is 20.4 Å². The van der Waals surface area contributed by atoms with Crippen LogP contribution in [0.15, 0.2) is 35.4 Å². The summed E-state index contributed by atoms with van der Waals surface area (Å²) in [6.45, 7) is 4.36. The van der Waals surface area contributed by atoms with Crippen LogP contribution in [0.1, 0.15) is 24.2 Å². The molecule has 2 heterocycles. The topological polar surface area (TPSA) is 96.0 Å². The number of amides is 2. The Hall–Kier alpha value is -2.83. The number of allylic oxidation sites excluding steroid dienone is 2. The monoisotopic (exact) mass is 316 g/mol. The quantitative estimate of drug-likeness (QED) is 0.542. The number of hydrogen-bond donors (Lipinski definition) is 3. The minimum Gasteiger partial charge on any atom is -0.357 e. The minimum absolute atomic E-state index is 0.146. The number of H-pyrrole nitrogens is 1. The van der Waals surface area contributed by atoms with Crippen molar-refractivity contribution in [3.63, 3.8) is 0 Å². The number of rotatable bonds is 6. The van der Waals surface area contributed by atoms with Gasteiger partial charge in [0.1, 0.15) is 5.52 Å². The molecule has 0 unspecified atom stereocenters. The lowest BCUT2D eigenvalue weighted by molar-refractivity contribution is -0.118. The summed E-state index contributed by atoms with van der Waals surface area (Å²) in [6.07, 6.45) is 6.89. The molecule has 0 bridgehead atoms. The van der Waals surface area contributed by atoms with Crippen molar-refractivity contribution in [1.29, 1.82) is 0 Å². The van der Waals surface area contributed by atoms with Crippen molar-refractivity contribution in [3.05, 3.63) is 46.5 Å². The normalized spacial score (nSPS) is 11.0. The van der Waals surface area contributed by atoms with E-state index in [4.69, 9.17) is 0 Å². The second-order valence-corrected chi connectivity index (χ2v) is 5.07. The maximum atomic E-state index is 12.4. The van der Waals surface area contributed by atoms with Crippen molar-refractivity contribution in [1.82, 2.24) is 20.2 Å². The predicted octanol–water partition coefficient (Wildman–Crippen LogP) is 0.772. The van der Waals surface area contributed by atoms with E-state index in [0.29, 0.717) is 36.1 Å². The van der Waals surface area contributed by atoms with Gasteiger partial charge in [0.2, 0.25) is 5.91 Å². The third-order valence-corrected chi connectivity index (χ3v) is 3.36. The average Bonchev–Trinajstić information content (AvgIpc) is 3.00. The Morgan fingerprint density at radius 1 is 1.30 bits per heavy atom. The van der Waals surface area contributed by atoms with Gasteiger partial charge in [0.25, 0.3) is 11.5 Å². The maximum Gasteiger partial charge on any atom is 0.275 e. The highest BCUT2D eigenvalue weighted by Gasteiger charge is 2.15. The van der Waals surface area contributed by atoms with E-state index in [1.54, 1.807) is 18.5 Å². The number of carbonyl (C=O) groups is 2. The van der Waals surface area contributed by atoms with Crippen LogP contribution in [0.25, 0.3) is 10.9 Å². The summed E-state index contributed by atoms with van der Waals surface area (Å²) < 4.78 is 1.49. The molecule has 23 heavy (non-hydrogen) atoms. The van der Waals surface area contributed by atoms with Crippen molar-refractivity contribution < 1.29 is 9.59 Å². The second-order valence-electron chi connectivity index (χ2n) is 5.07. The van der Waals surface area contributed by atoms with Gasteiger partial charge < -0.3 is 20.2 Å². The molecule has 0 atom stereocenters. The van der Waals surface area contributed by atoms with E-state index in [1.807, 2.05) is 19.1 Å². The molecular weight excluding hydrogens is 296 g/mol. The van der Waals surface area contributed by atoms with Crippen LogP contribution in [-0.2, 0) is 11.3 Å². The Morgan fingerprint density at radius 2 is 2.04 bits per heavy atom. The maximum absolute atomic E-state index is 12.4. The van der Waals surface area contributed by atoms with Gasteiger partial charge in [-0.1, -0.05) is 12.2 Å². The number of carbonyl (C=O) groups excluding carboxylic acids is 2. The molecule has 122 valence electrons. The van der Waals surface area contributed by atoms with Gasteiger partial charge in [0, 0.05) is 44.3 Å². The first-order valence-corrected chi connectivity index (χ1v) is 7.39. The molecule has 0 aromatic carbocycles. The van der Waals surface area contributed by atoms with E-state index >= 15 is 0 Å². The summed E-state index contributed by atoms with van der Waals surface area (Å²) in [5.41, 5.74) is 0.662. The molecule has 2 aromatic heterocycles. The number of pyridine rings is 1. The molecule has 0 fully saturated rings. The third kappa shape index (κ3) is 3.88. The first-order chi connectivity index (χ1) is 11.0. The number of fused-ring (bicyclic) bond motifs is 1. The van der Waals surface area contributed by atoms with Crippen LogP contribution in [0.3, 0.4) is 0 Å². The molecule has 0 aliphatic heterocycles. The fraction of sp³-hybridized carbons (Fsp3) is 0.312. The summed E-state index contributed by atoms with van der Waals surface area (Å²) in [7, 11) is 0. The Balaban J connectivity index is 2.26. The zero-order valence-corrected chi connectivity index (χ0v) is 13.2. The van der Waals surface area contributed by atoms with E-state index in [9.17, 15) is 14.4 Å². The van der Waals surface area contributed by atoms with Crippen LogP contribution >= 0.6 is 0 Å². The largest absolute Gasteiger partial charge is 0.357 e. The van der Waals surface area contributed by atoms with Crippen LogP contribution in [0.2, 0.25) is 0 Å². The van der Waals surface area contributed by atoms with Gasteiger partial charge in [-0.3, -0.25) is 14.4 Å². The first kappa shape index (κ1) is 16.5. The zero-order valence-electron chi connectivity index (χ0n) is 13.2. The Labute approximate surface area is 133 Å². The molecule has 0 aliphatic rings. The van der Waals surface area contributed by atoms with Gasteiger partial charge >= 0.3 is 0 Å². The molecular formula is C16H20N4O3. The third-order valence-electron chi connectivity index (χ3n) is 3.36. The smallest absolute Gasteiger partial charge is 0.275 e. The highest BCUT2D eigenvalue weighted by Crippen LogP contribution is 2.14. The van der Waals surface area contributed by atoms with E-state index in [1.165, 1.54) is 11.5 Å². The van der Waals surface area contributed by atoms with Gasteiger partial charge in [0.05, 0.1) is 5.56 Å². The molecule has 0 radical (unpaired) electrons. The standard InChI is InChI=1S/C16H20N4O3/c1-3-4-9-20-10-13(12-5-6-18-14(12)16(20)23)15(22)19-8-7-17-11(2)21/h3-6,10,18H,7-9H2,1-2H3,(H,17,21)(H,19,22)/b4-3+. The fourth-order valence-corrected chi connectivity index (χ4v) is 2.24. The van der Waals surface area contributed by atoms with Crippen LogP contribution < -0.4 is 16.2 Å². The SMILES string of the molecule is C/C=C/Cn1cc(C(=O)NCCNC(C)=O)c2cc[nH]c2c1=O. The van der Waals surface area contributed by atoms with E-state index in [-0.39, 0.29) is 17.4 Å². The first-order valence-electron chi connectivity index (χ1n) is 7.39. The van der Waals surface area contributed by atoms with Gasteiger partial charge in [-0.25, -0.2) is 0 Å². The molecule has 0 saturated carbocycles. The Bertz CT molecular complexity index is 801. The van der Waals surface area contributed by atoms with E-state index in [0.717, 1.165) is 0 Å². The average molecular weight is 316 g/mol. The number of nitrogens with one attached hydrogen (secondary N) is 3. The zero-order chi connectivity index (χ0) is 16.8. The number of nitrogens with zero attached hydrogens (tertiary/aromatic N) is 1. The second kappa shape index (κ2) is 7.44. The summed E-state index contributed by atoms with van der Waals surface area (Å²) >= 11 is 0. The molecule has 7 heteroatoms. The van der Waals surface area contributed by atoms with Gasteiger partial charge in [-0.05, 0) is 13.0 Å². The summed E-state index contributed by atoms with van der Waals surface area (Å²) in [5.74, 6) is -0.429. The number of aromatic amines is 1. The molecule has 2 aromatic rings. The van der Waals surface area contributed by atoms with Gasteiger partial charge in [-0.15, -0.1) is 0 Å². The van der Waals surface area contributed by atoms with Crippen molar-refractivity contribution in [2.24, 2.45) is 0 Å². The summed E-state index contributed by atoms with van der Waals surface area (Å²) in [6, 6.07) is 1.71. The van der Waals surface area contributed by atoms with E-state index in [2.05, 4.69) is 15.6 Å². The molecule has 7 nitrogen and oxygen atoms in total. The van der Waals surface area contributed by atoms with Crippen molar-refractivity contribution in [3.8, 4) is 0 Å². The van der Waals surface area contributed by atoms with Gasteiger partial charge in [-0.2, -0.15) is 0 Å². The van der Waals surface area contributed by atoms with Crippen molar-refractivity contribution in [2.75, 3.05) is 13.1 Å². The van der Waals surface area contributed by atoms with Crippen LogP contribution in [0.4, 0.5) is 0 Å². The van der Waals surface area contributed by atoms with E-state index < -0.39 is 0 Å². The minimum atomic E-state index is -0.283. The Kier molecular flexibility index (Phi) is 5.35. The Morgan fingerprint density at radius 3 is 2.74 bits per heavy atom. The van der Waals surface area contributed by atoms with Gasteiger partial charge in [0.15, 0.2) is 0 Å². The lowest BCUT2D eigenvalue weighted by Crippen LogP contribution is -2.34.